The number of amides is 1. The second kappa shape index (κ2) is 7.32. The molecule has 1 aromatic carbocycles. The Morgan fingerprint density at radius 3 is 3.00 bits per heavy atom. The molecule has 1 aromatic rings. The van der Waals surface area contributed by atoms with E-state index in [2.05, 4.69) is 0 Å². The highest BCUT2D eigenvalue weighted by atomic mass is 16.5. The summed E-state index contributed by atoms with van der Waals surface area (Å²) >= 11 is 0. The van der Waals surface area contributed by atoms with Crippen LogP contribution in [0.2, 0.25) is 0 Å². The van der Waals surface area contributed by atoms with Crippen molar-refractivity contribution in [1.29, 1.82) is 0 Å². The predicted octanol–water partition coefficient (Wildman–Crippen LogP) is 1.97. The van der Waals surface area contributed by atoms with E-state index in [-0.39, 0.29) is 12.0 Å². The molecule has 1 aliphatic heterocycles. The van der Waals surface area contributed by atoms with Crippen molar-refractivity contribution in [1.82, 2.24) is 4.90 Å². The maximum atomic E-state index is 12.8. The summed E-state index contributed by atoms with van der Waals surface area (Å²) in [6.07, 6.45) is 3.50. The number of ether oxygens (including phenoxy) is 2. The Morgan fingerprint density at radius 1 is 1.43 bits per heavy atom. The Balaban J connectivity index is 1.67. The minimum Gasteiger partial charge on any atom is -0.493 e. The summed E-state index contributed by atoms with van der Waals surface area (Å²) in [5, 5.41) is 0. The number of benzene rings is 1. The second-order valence-electron chi connectivity index (χ2n) is 6.47. The number of morpholine rings is 1. The Labute approximate surface area is 137 Å². The number of hydrogen-bond acceptors (Lipinski definition) is 4. The van der Waals surface area contributed by atoms with Gasteiger partial charge in [0.2, 0.25) is 0 Å². The zero-order chi connectivity index (χ0) is 16.2. The fourth-order valence-electron chi connectivity index (χ4n) is 2.95. The molecular formula is C18H26N2O3. The van der Waals surface area contributed by atoms with Gasteiger partial charge in [0.25, 0.3) is 5.91 Å². The summed E-state index contributed by atoms with van der Waals surface area (Å²) in [6, 6.07) is 5.69. The summed E-state index contributed by atoms with van der Waals surface area (Å²) in [7, 11) is 0. The van der Waals surface area contributed by atoms with Gasteiger partial charge >= 0.3 is 0 Å². The number of hydrogen-bond donors (Lipinski definition) is 1. The smallest absolute Gasteiger partial charge is 0.254 e. The first-order chi connectivity index (χ1) is 11.2. The molecule has 5 heteroatoms. The van der Waals surface area contributed by atoms with Gasteiger partial charge in [-0.1, -0.05) is 6.07 Å². The first-order valence-corrected chi connectivity index (χ1v) is 8.53. The molecule has 2 aliphatic rings. The van der Waals surface area contributed by atoms with Crippen LogP contribution < -0.4 is 10.5 Å². The lowest BCUT2D eigenvalue weighted by molar-refractivity contribution is -0.0313. The molecule has 23 heavy (non-hydrogen) atoms. The first kappa shape index (κ1) is 16.3. The Kier molecular flexibility index (Phi) is 5.18. The van der Waals surface area contributed by atoms with Crippen molar-refractivity contribution in [2.24, 2.45) is 11.7 Å². The van der Waals surface area contributed by atoms with Crippen LogP contribution in [0.1, 0.15) is 35.2 Å². The molecular weight excluding hydrogens is 292 g/mol. The molecule has 5 nitrogen and oxygen atoms in total. The lowest BCUT2D eigenvalue weighted by Crippen LogP contribution is -2.46. The third kappa shape index (κ3) is 4.03. The van der Waals surface area contributed by atoms with Gasteiger partial charge in [-0.15, -0.1) is 0 Å². The van der Waals surface area contributed by atoms with Gasteiger partial charge < -0.3 is 20.1 Å². The van der Waals surface area contributed by atoms with Gasteiger partial charge in [-0.05, 0) is 56.3 Å². The molecule has 1 heterocycles. The van der Waals surface area contributed by atoms with Gasteiger partial charge in [-0.3, -0.25) is 4.79 Å². The van der Waals surface area contributed by atoms with Crippen LogP contribution in [0.4, 0.5) is 0 Å². The maximum Gasteiger partial charge on any atom is 0.254 e. The average molecular weight is 318 g/mol. The minimum atomic E-state index is 0.0719. The molecule has 1 saturated heterocycles. The van der Waals surface area contributed by atoms with Crippen molar-refractivity contribution in [2.75, 3.05) is 32.8 Å². The van der Waals surface area contributed by atoms with E-state index in [4.69, 9.17) is 15.2 Å². The van der Waals surface area contributed by atoms with Gasteiger partial charge in [-0.25, -0.2) is 0 Å². The topological polar surface area (TPSA) is 64.8 Å². The summed E-state index contributed by atoms with van der Waals surface area (Å²) in [4.78, 5) is 14.7. The highest BCUT2D eigenvalue weighted by Gasteiger charge is 2.36. The van der Waals surface area contributed by atoms with E-state index in [1.807, 2.05) is 30.0 Å². The third-order valence-corrected chi connectivity index (χ3v) is 4.57. The van der Waals surface area contributed by atoms with Crippen LogP contribution in [0, 0.1) is 12.8 Å². The zero-order valence-electron chi connectivity index (χ0n) is 13.8. The van der Waals surface area contributed by atoms with E-state index in [1.165, 1.54) is 12.8 Å². The quantitative estimate of drug-likeness (QED) is 0.815. The maximum absolute atomic E-state index is 12.8. The van der Waals surface area contributed by atoms with Crippen LogP contribution in [0.25, 0.3) is 0 Å². The van der Waals surface area contributed by atoms with Crippen molar-refractivity contribution in [3.8, 4) is 5.75 Å². The molecule has 126 valence electrons. The largest absolute Gasteiger partial charge is 0.493 e. The fraction of sp³-hybridized carbons (Fsp3) is 0.611. The van der Waals surface area contributed by atoms with Crippen LogP contribution in [0.3, 0.4) is 0 Å². The molecule has 0 radical (unpaired) electrons. The monoisotopic (exact) mass is 318 g/mol. The van der Waals surface area contributed by atoms with Crippen LogP contribution >= 0.6 is 0 Å². The van der Waals surface area contributed by atoms with E-state index in [9.17, 15) is 4.79 Å². The van der Waals surface area contributed by atoms with E-state index in [0.29, 0.717) is 44.3 Å². The molecule has 0 spiro atoms. The molecule has 2 N–H and O–H groups in total. The van der Waals surface area contributed by atoms with E-state index in [0.717, 1.165) is 17.7 Å². The molecule has 3 rings (SSSR count). The van der Waals surface area contributed by atoms with Crippen LogP contribution in [0.5, 0.6) is 5.75 Å². The Bertz CT molecular complexity index is 557. The number of rotatable bonds is 6. The highest BCUT2D eigenvalue weighted by Crippen LogP contribution is 2.36. The molecule has 1 amide bonds. The summed E-state index contributed by atoms with van der Waals surface area (Å²) in [6.45, 7) is 5.19. The number of carbonyl (C=O) groups excluding carboxylic acids is 1. The van der Waals surface area contributed by atoms with E-state index < -0.39 is 0 Å². The van der Waals surface area contributed by atoms with Crippen molar-refractivity contribution >= 4 is 5.91 Å². The Hall–Kier alpha value is -1.59. The predicted molar refractivity (Wildman–Crippen MR) is 88.7 cm³/mol. The molecule has 0 bridgehead atoms. The first-order valence-electron chi connectivity index (χ1n) is 8.53. The second-order valence-corrected chi connectivity index (χ2v) is 6.47. The standard InChI is InChI=1S/C18H26N2O3/c1-13-3-4-15(11-16(13)22-9-2-7-19)18(21)20-8-10-23-17(12-20)14-5-6-14/h3-4,11,14,17H,2,5-10,12,19H2,1H3/t17-/m0/s1. The van der Waals surface area contributed by atoms with Gasteiger partial charge in [0.15, 0.2) is 0 Å². The molecule has 1 atom stereocenters. The highest BCUT2D eigenvalue weighted by molar-refractivity contribution is 5.94. The Morgan fingerprint density at radius 2 is 2.26 bits per heavy atom. The van der Waals surface area contributed by atoms with Crippen LogP contribution in [0.15, 0.2) is 18.2 Å². The molecule has 2 fully saturated rings. The zero-order valence-corrected chi connectivity index (χ0v) is 13.8. The van der Waals surface area contributed by atoms with Gasteiger partial charge in [0.05, 0.1) is 19.3 Å². The molecule has 1 aliphatic carbocycles. The van der Waals surface area contributed by atoms with Gasteiger partial charge in [0.1, 0.15) is 5.75 Å². The SMILES string of the molecule is Cc1ccc(C(=O)N2CCO[C@H](C3CC3)C2)cc1OCCCN. The number of nitrogens with zero attached hydrogens (tertiary/aromatic N) is 1. The average Bonchev–Trinajstić information content (AvgIpc) is 3.41. The normalized spacial score (nSPS) is 21.3. The minimum absolute atomic E-state index is 0.0719. The molecule has 0 unspecified atom stereocenters. The van der Waals surface area contributed by atoms with Gasteiger partial charge in [0, 0.05) is 18.7 Å². The molecule has 1 saturated carbocycles. The molecule has 0 aromatic heterocycles. The lowest BCUT2D eigenvalue weighted by Gasteiger charge is -2.33. The van der Waals surface area contributed by atoms with Crippen molar-refractivity contribution in [3.05, 3.63) is 29.3 Å². The fourth-order valence-corrected chi connectivity index (χ4v) is 2.95. The van der Waals surface area contributed by atoms with Crippen molar-refractivity contribution in [2.45, 2.75) is 32.3 Å². The van der Waals surface area contributed by atoms with Crippen LogP contribution in [-0.2, 0) is 4.74 Å². The van der Waals surface area contributed by atoms with E-state index >= 15 is 0 Å². The van der Waals surface area contributed by atoms with Gasteiger partial charge in [-0.2, -0.15) is 0 Å². The van der Waals surface area contributed by atoms with E-state index in [1.54, 1.807) is 0 Å². The summed E-state index contributed by atoms with van der Waals surface area (Å²) in [5.41, 5.74) is 7.22. The number of carbonyl (C=O) groups is 1. The number of aryl methyl sites for hydroxylation is 1. The van der Waals surface area contributed by atoms with Crippen molar-refractivity contribution in [3.63, 3.8) is 0 Å². The lowest BCUT2D eigenvalue weighted by atomic mass is 10.1. The summed E-state index contributed by atoms with van der Waals surface area (Å²) in [5.74, 6) is 1.50. The van der Waals surface area contributed by atoms with Crippen LogP contribution in [-0.4, -0.2) is 49.8 Å². The summed E-state index contributed by atoms with van der Waals surface area (Å²) < 4.78 is 11.5. The van der Waals surface area contributed by atoms with Crippen molar-refractivity contribution < 1.29 is 14.3 Å². The third-order valence-electron chi connectivity index (χ3n) is 4.57. The number of nitrogens with two attached hydrogens (primary N) is 1.